The van der Waals surface area contributed by atoms with Crippen molar-refractivity contribution in [2.45, 2.75) is 13.3 Å². The summed E-state index contributed by atoms with van der Waals surface area (Å²) in [6.07, 6.45) is 0.482. The highest BCUT2D eigenvalue weighted by Crippen LogP contribution is 2.48. The van der Waals surface area contributed by atoms with E-state index >= 15 is 0 Å². The molecule has 0 bridgehead atoms. The number of carbonyl (C=O) groups is 3. The zero-order valence-corrected chi connectivity index (χ0v) is 18.6. The highest BCUT2D eigenvalue weighted by atomic mass is 35.5. The Morgan fingerprint density at radius 3 is 1.57 bits per heavy atom. The zero-order valence-electron chi connectivity index (χ0n) is 14.7. The van der Waals surface area contributed by atoms with Gasteiger partial charge in [0.2, 0.25) is 0 Å². The number of benzene rings is 2. The van der Waals surface area contributed by atoms with Crippen molar-refractivity contribution in [3.8, 4) is 0 Å². The second-order valence-corrected chi connectivity index (χ2v) is 9.39. The summed E-state index contributed by atoms with van der Waals surface area (Å²) < 4.78 is 4.90. The molecule has 2 rings (SSSR count). The van der Waals surface area contributed by atoms with E-state index in [9.17, 15) is 14.4 Å². The van der Waals surface area contributed by atoms with Crippen molar-refractivity contribution in [3.63, 3.8) is 0 Å². The van der Waals surface area contributed by atoms with Crippen molar-refractivity contribution in [1.82, 2.24) is 0 Å². The van der Waals surface area contributed by atoms with Crippen LogP contribution in [0.15, 0.2) is 36.4 Å². The fourth-order valence-electron chi connectivity index (χ4n) is 2.41. The van der Waals surface area contributed by atoms with E-state index < -0.39 is 24.9 Å². The zero-order chi connectivity index (χ0) is 20.8. The minimum atomic E-state index is -1.94. The van der Waals surface area contributed by atoms with Crippen LogP contribution in [0.4, 0.5) is 0 Å². The number of carbonyl (C=O) groups excluding carboxylic acids is 3. The summed E-state index contributed by atoms with van der Waals surface area (Å²) in [5.74, 6) is -0.440. The molecular formula is C19H15Cl4O4P. The molecule has 0 aliphatic heterocycles. The first-order valence-electron chi connectivity index (χ1n) is 8.11. The van der Waals surface area contributed by atoms with E-state index in [1.807, 2.05) is 0 Å². The van der Waals surface area contributed by atoms with Crippen LogP contribution in [0.2, 0.25) is 20.1 Å². The normalized spacial score (nSPS) is 10.8. The maximum atomic E-state index is 13.2. The van der Waals surface area contributed by atoms with Gasteiger partial charge in [0.1, 0.15) is 0 Å². The first-order valence-corrected chi connectivity index (χ1v) is 11.2. The fraction of sp³-hybridized carbons (Fsp3) is 0.211. The lowest BCUT2D eigenvalue weighted by Gasteiger charge is -2.18. The second kappa shape index (κ2) is 10.6. The lowest BCUT2D eigenvalue weighted by molar-refractivity contribution is -0.140. The van der Waals surface area contributed by atoms with Gasteiger partial charge in [-0.3, -0.25) is 14.4 Å². The molecule has 0 amide bonds. The van der Waals surface area contributed by atoms with Crippen molar-refractivity contribution >= 4 is 71.3 Å². The standard InChI is InChI=1S/C19H15Cl4O4P/c1-11(24)27-9-4-10-28(18(25)16-12(20)5-2-6-13(16)21)19(26)17-14(22)7-3-8-15(17)23/h2-3,5-8H,4,9-10H2,1H3. The number of hydrogen-bond donors (Lipinski definition) is 0. The SMILES string of the molecule is CC(=O)OCCCP(C(=O)c1c(Cl)cccc1Cl)C(=O)c1c(Cl)cccc1Cl. The van der Waals surface area contributed by atoms with E-state index in [1.165, 1.54) is 31.2 Å². The van der Waals surface area contributed by atoms with Gasteiger partial charge in [0.05, 0.1) is 37.8 Å². The van der Waals surface area contributed by atoms with Gasteiger partial charge in [-0.05, 0) is 36.8 Å². The summed E-state index contributed by atoms with van der Waals surface area (Å²) >= 11 is 24.6. The van der Waals surface area contributed by atoms with E-state index in [0.717, 1.165) is 0 Å². The molecular weight excluding hydrogens is 465 g/mol. The Labute approximate surface area is 183 Å². The van der Waals surface area contributed by atoms with E-state index in [-0.39, 0.29) is 44.0 Å². The van der Waals surface area contributed by atoms with Gasteiger partial charge >= 0.3 is 5.97 Å². The van der Waals surface area contributed by atoms with Crippen LogP contribution in [0, 0.1) is 0 Å². The minimum absolute atomic E-state index is 0.0842. The first-order chi connectivity index (χ1) is 13.2. The molecule has 2 aromatic carbocycles. The molecule has 0 atom stereocenters. The molecule has 0 unspecified atom stereocenters. The first kappa shape index (κ1) is 23.1. The molecule has 0 N–H and O–H groups in total. The third-order valence-corrected chi connectivity index (χ3v) is 7.13. The van der Waals surface area contributed by atoms with Gasteiger partial charge in [-0.1, -0.05) is 58.5 Å². The number of ether oxygens (including phenoxy) is 1. The summed E-state index contributed by atoms with van der Waals surface area (Å²) in [7, 11) is -1.94. The summed E-state index contributed by atoms with van der Waals surface area (Å²) in [5, 5.41) is 0.622. The number of halogens is 4. The number of rotatable bonds is 8. The van der Waals surface area contributed by atoms with Gasteiger partial charge in [0, 0.05) is 14.8 Å². The van der Waals surface area contributed by atoms with Crippen LogP contribution in [0.1, 0.15) is 34.1 Å². The molecule has 4 nitrogen and oxygen atoms in total. The smallest absolute Gasteiger partial charge is 0.302 e. The van der Waals surface area contributed by atoms with Crippen molar-refractivity contribution < 1.29 is 19.1 Å². The lowest BCUT2D eigenvalue weighted by atomic mass is 10.2. The Morgan fingerprint density at radius 2 is 1.21 bits per heavy atom. The molecule has 0 heterocycles. The topological polar surface area (TPSA) is 60.4 Å². The third kappa shape index (κ3) is 5.68. The van der Waals surface area contributed by atoms with Crippen molar-refractivity contribution in [3.05, 3.63) is 67.6 Å². The van der Waals surface area contributed by atoms with E-state index in [2.05, 4.69) is 0 Å². The maximum Gasteiger partial charge on any atom is 0.302 e. The minimum Gasteiger partial charge on any atom is -0.466 e. The molecule has 0 saturated heterocycles. The van der Waals surface area contributed by atoms with Crippen LogP contribution >= 0.6 is 54.3 Å². The van der Waals surface area contributed by atoms with Gasteiger partial charge < -0.3 is 4.74 Å². The molecule has 0 saturated carbocycles. The molecule has 0 spiro atoms. The Morgan fingerprint density at radius 1 is 0.821 bits per heavy atom. The fourth-order valence-corrected chi connectivity index (χ4v) is 5.87. The lowest BCUT2D eigenvalue weighted by Crippen LogP contribution is -2.13. The molecule has 0 aromatic heterocycles. The monoisotopic (exact) mass is 478 g/mol. The molecule has 0 fully saturated rings. The molecule has 0 radical (unpaired) electrons. The van der Waals surface area contributed by atoms with Crippen molar-refractivity contribution in [2.75, 3.05) is 12.8 Å². The summed E-state index contributed by atoms with van der Waals surface area (Å²) in [4.78, 5) is 37.4. The van der Waals surface area contributed by atoms with Crippen LogP contribution in [-0.2, 0) is 9.53 Å². The number of esters is 1. The van der Waals surface area contributed by atoms with Crippen molar-refractivity contribution in [2.24, 2.45) is 0 Å². The second-order valence-electron chi connectivity index (χ2n) is 5.65. The predicted octanol–water partition coefficient (Wildman–Crippen LogP) is 6.72. The Hall–Kier alpha value is -1.16. The summed E-state index contributed by atoms with van der Waals surface area (Å²) in [6.45, 7) is 1.37. The molecule has 2 aromatic rings. The maximum absolute atomic E-state index is 13.2. The van der Waals surface area contributed by atoms with Crippen LogP contribution in [0.25, 0.3) is 0 Å². The Kier molecular flexibility index (Phi) is 8.73. The molecule has 0 aliphatic rings. The average Bonchev–Trinajstić information content (AvgIpc) is 2.60. The molecule has 28 heavy (non-hydrogen) atoms. The van der Waals surface area contributed by atoms with E-state index in [4.69, 9.17) is 51.1 Å². The van der Waals surface area contributed by atoms with Crippen LogP contribution in [0.5, 0.6) is 0 Å². The largest absolute Gasteiger partial charge is 0.466 e. The Bertz CT molecular complexity index is 813. The summed E-state index contributed by atoms with van der Waals surface area (Å²) in [5.41, 5.74) is -0.786. The van der Waals surface area contributed by atoms with Crippen LogP contribution in [-0.4, -0.2) is 29.8 Å². The van der Waals surface area contributed by atoms with Gasteiger partial charge in [0.15, 0.2) is 11.0 Å². The van der Waals surface area contributed by atoms with E-state index in [0.29, 0.717) is 6.42 Å². The van der Waals surface area contributed by atoms with Gasteiger partial charge in [0.25, 0.3) is 0 Å². The Balaban J connectivity index is 2.40. The average molecular weight is 480 g/mol. The van der Waals surface area contributed by atoms with Gasteiger partial charge in [-0.15, -0.1) is 0 Å². The van der Waals surface area contributed by atoms with Gasteiger partial charge in [-0.25, -0.2) is 0 Å². The molecule has 9 heteroatoms. The quantitative estimate of drug-likeness (QED) is 0.239. The summed E-state index contributed by atoms with van der Waals surface area (Å²) in [6, 6.07) is 9.33. The van der Waals surface area contributed by atoms with Crippen LogP contribution in [0.3, 0.4) is 0 Å². The van der Waals surface area contributed by atoms with Gasteiger partial charge in [-0.2, -0.15) is 0 Å². The predicted molar refractivity (Wildman–Crippen MR) is 115 cm³/mol. The highest BCUT2D eigenvalue weighted by molar-refractivity contribution is 7.90. The third-order valence-electron chi connectivity index (χ3n) is 3.67. The van der Waals surface area contributed by atoms with Crippen LogP contribution < -0.4 is 0 Å². The molecule has 148 valence electrons. The van der Waals surface area contributed by atoms with E-state index in [1.54, 1.807) is 12.1 Å². The number of hydrogen-bond acceptors (Lipinski definition) is 4. The highest BCUT2D eigenvalue weighted by Gasteiger charge is 2.32. The van der Waals surface area contributed by atoms with Crippen molar-refractivity contribution in [1.29, 1.82) is 0 Å². The molecule has 0 aliphatic carbocycles.